The third kappa shape index (κ3) is 1.90. The van der Waals surface area contributed by atoms with Crippen LogP contribution >= 0.6 is 0 Å². The number of hydrogen-bond donors (Lipinski definition) is 1. The Kier molecular flexibility index (Phi) is 2.63. The summed E-state index contributed by atoms with van der Waals surface area (Å²) in [4.78, 5) is 10.8. The van der Waals surface area contributed by atoms with Crippen molar-refractivity contribution in [1.82, 2.24) is 9.97 Å². The Morgan fingerprint density at radius 2 is 2.00 bits per heavy atom. The first-order valence-electron chi connectivity index (χ1n) is 6.19. The van der Waals surface area contributed by atoms with Gasteiger partial charge in [0.25, 0.3) is 0 Å². The first-order valence-corrected chi connectivity index (χ1v) is 6.19. The summed E-state index contributed by atoms with van der Waals surface area (Å²) >= 11 is 0. The van der Waals surface area contributed by atoms with Gasteiger partial charge in [-0.25, -0.2) is 9.97 Å². The number of rotatable bonds is 2. The molecular weight excluding hydrogens is 224 g/mol. The monoisotopic (exact) mass is 240 g/mol. The van der Waals surface area contributed by atoms with E-state index in [9.17, 15) is 0 Å². The number of anilines is 2. The molecule has 0 saturated heterocycles. The summed E-state index contributed by atoms with van der Waals surface area (Å²) in [5.41, 5.74) is 10.4. The lowest BCUT2D eigenvalue weighted by molar-refractivity contribution is 0.842. The first-order chi connectivity index (χ1) is 8.76. The summed E-state index contributed by atoms with van der Waals surface area (Å²) in [6, 6.07) is 8.18. The zero-order chi connectivity index (χ0) is 12.5. The van der Waals surface area contributed by atoms with Crippen molar-refractivity contribution in [3.05, 3.63) is 47.4 Å². The van der Waals surface area contributed by atoms with Crippen LogP contribution in [0.4, 0.5) is 11.5 Å². The van der Waals surface area contributed by atoms with Crippen LogP contribution in [0, 0.1) is 0 Å². The third-order valence-corrected chi connectivity index (χ3v) is 3.35. The number of nitrogen functional groups attached to an aromatic ring is 1. The number of hydrogen-bond acceptors (Lipinski definition) is 4. The Labute approximate surface area is 106 Å². The molecule has 0 bridgehead atoms. The molecule has 2 aromatic rings. The van der Waals surface area contributed by atoms with Gasteiger partial charge in [0.05, 0.1) is 0 Å². The quantitative estimate of drug-likeness (QED) is 0.817. The van der Waals surface area contributed by atoms with Crippen LogP contribution in [0.3, 0.4) is 0 Å². The molecule has 18 heavy (non-hydrogen) atoms. The highest BCUT2D eigenvalue weighted by atomic mass is 15.2. The molecule has 0 unspecified atom stereocenters. The Hall–Kier alpha value is -2.10. The van der Waals surface area contributed by atoms with E-state index in [1.807, 2.05) is 6.07 Å². The second kappa shape index (κ2) is 4.29. The van der Waals surface area contributed by atoms with E-state index in [4.69, 9.17) is 5.73 Å². The summed E-state index contributed by atoms with van der Waals surface area (Å²) in [6.45, 7) is 3.88. The van der Waals surface area contributed by atoms with E-state index < -0.39 is 0 Å². The Balaban J connectivity index is 1.88. The van der Waals surface area contributed by atoms with Gasteiger partial charge in [-0.3, -0.25) is 0 Å². The number of nitrogens with zero attached hydrogens (tertiary/aromatic N) is 3. The van der Waals surface area contributed by atoms with Crippen LogP contribution in [0.2, 0.25) is 0 Å². The highest BCUT2D eigenvalue weighted by molar-refractivity contribution is 5.52. The second-order valence-electron chi connectivity index (χ2n) is 4.61. The minimum Gasteiger partial charge on any atom is -0.399 e. The van der Waals surface area contributed by atoms with Crippen molar-refractivity contribution < 1.29 is 0 Å². The zero-order valence-corrected chi connectivity index (χ0v) is 10.4. The summed E-state index contributed by atoms with van der Waals surface area (Å²) in [5.74, 6) is 0.997. The lowest BCUT2D eigenvalue weighted by Gasteiger charge is -2.16. The minimum absolute atomic E-state index is 0.826. The van der Waals surface area contributed by atoms with Crippen LogP contribution in [0.25, 0.3) is 0 Å². The molecule has 0 fully saturated rings. The van der Waals surface area contributed by atoms with Crippen LogP contribution in [0.15, 0.2) is 30.6 Å². The van der Waals surface area contributed by atoms with Crippen LogP contribution in [-0.4, -0.2) is 9.97 Å². The predicted molar refractivity (Wildman–Crippen MR) is 72.2 cm³/mol. The largest absolute Gasteiger partial charge is 0.399 e. The molecule has 1 aliphatic heterocycles. The smallest absolute Gasteiger partial charge is 0.132 e. The van der Waals surface area contributed by atoms with Gasteiger partial charge < -0.3 is 10.6 Å². The van der Waals surface area contributed by atoms with E-state index in [1.54, 1.807) is 6.33 Å². The maximum atomic E-state index is 5.82. The fourth-order valence-electron chi connectivity index (χ4n) is 2.33. The molecule has 0 atom stereocenters. The lowest BCUT2D eigenvalue weighted by atomic mass is 10.1. The molecule has 2 heterocycles. The zero-order valence-electron chi connectivity index (χ0n) is 10.4. The van der Waals surface area contributed by atoms with E-state index in [-0.39, 0.29) is 0 Å². The maximum Gasteiger partial charge on any atom is 0.132 e. The van der Waals surface area contributed by atoms with E-state index >= 15 is 0 Å². The van der Waals surface area contributed by atoms with Crippen molar-refractivity contribution in [1.29, 1.82) is 0 Å². The van der Waals surface area contributed by atoms with Gasteiger partial charge in [-0.2, -0.15) is 0 Å². The molecule has 92 valence electrons. The van der Waals surface area contributed by atoms with Crippen molar-refractivity contribution >= 4 is 11.5 Å². The minimum atomic E-state index is 0.826. The number of fused-ring (bicyclic) bond motifs is 1. The van der Waals surface area contributed by atoms with Gasteiger partial charge in [-0.15, -0.1) is 0 Å². The van der Waals surface area contributed by atoms with Crippen LogP contribution in [0.1, 0.15) is 23.7 Å². The molecule has 0 aliphatic carbocycles. The Bertz CT molecular complexity index is 580. The number of aryl methyl sites for hydroxylation is 1. The normalized spacial score (nSPS) is 13.7. The van der Waals surface area contributed by atoms with Crippen molar-refractivity contribution in [2.24, 2.45) is 0 Å². The molecule has 1 aromatic carbocycles. The van der Waals surface area contributed by atoms with Crippen molar-refractivity contribution in [3.63, 3.8) is 0 Å². The van der Waals surface area contributed by atoms with Gasteiger partial charge in [0.2, 0.25) is 0 Å². The molecular formula is C14H16N4. The second-order valence-corrected chi connectivity index (χ2v) is 4.61. The average molecular weight is 240 g/mol. The molecule has 0 saturated carbocycles. The van der Waals surface area contributed by atoms with Gasteiger partial charge in [-0.05, 0) is 29.7 Å². The number of aromatic nitrogens is 2. The fourth-order valence-corrected chi connectivity index (χ4v) is 2.33. The van der Waals surface area contributed by atoms with E-state index in [0.717, 1.165) is 36.7 Å². The van der Waals surface area contributed by atoms with Crippen LogP contribution in [0.5, 0.6) is 0 Å². The maximum absolute atomic E-state index is 5.82. The molecule has 4 heteroatoms. The standard InChI is InChI=1S/C14H16N4/c1-2-13-6-14(17-9-16-13)18-7-10-3-4-12(15)5-11(10)8-18/h3-6,9H,2,7-8,15H2,1H3. The van der Waals surface area contributed by atoms with Crippen LogP contribution in [-0.2, 0) is 19.5 Å². The van der Waals surface area contributed by atoms with E-state index in [1.165, 1.54) is 11.1 Å². The molecule has 1 aromatic heterocycles. The molecule has 0 spiro atoms. The van der Waals surface area contributed by atoms with Crippen molar-refractivity contribution in [3.8, 4) is 0 Å². The number of benzene rings is 1. The number of nitrogens with two attached hydrogens (primary N) is 1. The molecule has 0 radical (unpaired) electrons. The molecule has 3 rings (SSSR count). The van der Waals surface area contributed by atoms with Crippen LogP contribution < -0.4 is 10.6 Å². The average Bonchev–Trinajstić information content (AvgIpc) is 2.81. The molecule has 2 N–H and O–H groups in total. The summed E-state index contributed by atoms with van der Waals surface area (Å²) in [6.07, 6.45) is 2.58. The summed E-state index contributed by atoms with van der Waals surface area (Å²) in [5, 5.41) is 0. The SMILES string of the molecule is CCc1cc(N2Cc3ccc(N)cc3C2)ncn1. The predicted octanol–water partition coefficient (Wildman–Crippen LogP) is 2.14. The van der Waals surface area contributed by atoms with Gasteiger partial charge in [0.1, 0.15) is 12.1 Å². The topological polar surface area (TPSA) is 55.0 Å². The molecule has 4 nitrogen and oxygen atoms in total. The van der Waals surface area contributed by atoms with Crippen molar-refractivity contribution in [2.75, 3.05) is 10.6 Å². The highest BCUT2D eigenvalue weighted by Crippen LogP contribution is 2.28. The van der Waals surface area contributed by atoms with Gasteiger partial charge >= 0.3 is 0 Å². The van der Waals surface area contributed by atoms with Gasteiger partial charge in [0.15, 0.2) is 0 Å². The van der Waals surface area contributed by atoms with E-state index in [2.05, 4.69) is 40.0 Å². The molecule has 1 aliphatic rings. The fraction of sp³-hybridized carbons (Fsp3) is 0.286. The molecule has 0 amide bonds. The first kappa shape index (κ1) is 11.0. The highest BCUT2D eigenvalue weighted by Gasteiger charge is 2.20. The summed E-state index contributed by atoms with van der Waals surface area (Å²) < 4.78 is 0. The third-order valence-electron chi connectivity index (χ3n) is 3.35. The van der Waals surface area contributed by atoms with E-state index in [0.29, 0.717) is 0 Å². The summed E-state index contributed by atoms with van der Waals surface area (Å²) in [7, 11) is 0. The van der Waals surface area contributed by atoms with Crippen molar-refractivity contribution in [2.45, 2.75) is 26.4 Å². The lowest BCUT2D eigenvalue weighted by Crippen LogP contribution is -2.16. The Morgan fingerprint density at radius 1 is 1.17 bits per heavy atom. The van der Waals surface area contributed by atoms with Gasteiger partial charge in [0, 0.05) is 30.5 Å². The van der Waals surface area contributed by atoms with Gasteiger partial charge in [-0.1, -0.05) is 13.0 Å². The Morgan fingerprint density at radius 3 is 2.83 bits per heavy atom.